The molecule has 0 saturated heterocycles. The van der Waals surface area contributed by atoms with Crippen LogP contribution in [0.25, 0.3) is 0 Å². The molecule has 0 aliphatic rings. The molecule has 1 aromatic carbocycles. The molecule has 1 atom stereocenters. The van der Waals surface area contributed by atoms with Gasteiger partial charge in [0.25, 0.3) is 5.91 Å². The van der Waals surface area contributed by atoms with Gasteiger partial charge < -0.3 is 19.9 Å². The summed E-state index contributed by atoms with van der Waals surface area (Å²) in [5.74, 6) is 0.621. The number of carbonyl (C=O) groups is 1. The zero-order valence-electron chi connectivity index (χ0n) is 12.8. The molecule has 21 heavy (non-hydrogen) atoms. The Morgan fingerprint density at radius 2 is 2.05 bits per heavy atom. The van der Waals surface area contributed by atoms with Crippen LogP contribution in [0.2, 0.25) is 0 Å². The molecule has 0 spiro atoms. The molecule has 2 N–H and O–H groups in total. The fourth-order valence-electron chi connectivity index (χ4n) is 1.77. The number of unbranched alkanes of at least 4 members (excludes halogenated alkanes) is 1. The van der Waals surface area contributed by atoms with Crippen LogP contribution in [-0.2, 0) is 4.74 Å². The van der Waals surface area contributed by atoms with E-state index < -0.39 is 6.10 Å². The molecule has 1 aromatic rings. The summed E-state index contributed by atoms with van der Waals surface area (Å²) in [5, 5.41) is 12.2. The van der Waals surface area contributed by atoms with Gasteiger partial charge in [-0.25, -0.2) is 0 Å². The van der Waals surface area contributed by atoms with E-state index in [2.05, 4.69) is 12.2 Å². The highest BCUT2D eigenvalue weighted by Crippen LogP contribution is 2.12. The van der Waals surface area contributed by atoms with E-state index in [-0.39, 0.29) is 12.5 Å². The van der Waals surface area contributed by atoms with Crippen molar-refractivity contribution >= 4 is 5.91 Å². The third-order valence-corrected chi connectivity index (χ3v) is 3.01. The molecular weight excluding hydrogens is 270 g/mol. The molecule has 1 unspecified atom stereocenters. The van der Waals surface area contributed by atoms with Gasteiger partial charge in [-0.2, -0.15) is 0 Å². The van der Waals surface area contributed by atoms with Crippen LogP contribution >= 0.6 is 0 Å². The van der Waals surface area contributed by atoms with Crippen molar-refractivity contribution in [2.45, 2.75) is 32.3 Å². The van der Waals surface area contributed by atoms with E-state index in [1.807, 2.05) is 0 Å². The monoisotopic (exact) mass is 295 g/mol. The highest BCUT2D eigenvalue weighted by molar-refractivity contribution is 5.94. The summed E-state index contributed by atoms with van der Waals surface area (Å²) >= 11 is 0. The maximum atomic E-state index is 11.9. The van der Waals surface area contributed by atoms with Gasteiger partial charge in [0.1, 0.15) is 5.75 Å². The Balaban J connectivity index is 2.33. The van der Waals surface area contributed by atoms with E-state index in [9.17, 15) is 9.90 Å². The standard InChI is InChI=1S/C16H25NO4/c1-3-4-11-21-15-7-5-13(6-8-15)16(19)17-10-9-14(18)12-20-2/h5-8,14,18H,3-4,9-12H2,1-2H3,(H,17,19). The quantitative estimate of drug-likeness (QED) is 0.648. The molecule has 0 aliphatic carbocycles. The van der Waals surface area contributed by atoms with Gasteiger partial charge in [-0.15, -0.1) is 0 Å². The predicted molar refractivity (Wildman–Crippen MR) is 81.7 cm³/mol. The number of amides is 1. The highest BCUT2D eigenvalue weighted by Gasteiger charge is 2.07. The van der Waals surface area contributed by atoms with Crippen molar-refractivity contribution in [2.24, 2.45) is 0 Å². The Labute approximate surface area is 126 Å². The number of hydrogen-bond acceptors (Lipinski definition) is 4. The Hall–Kier alpha value is -1.59. The Kier molecular flexibility index (Phi) is 8.47. The van der Waals surface area contributed by atoms with Crippen molar-refractivity contribution < 1.29 is 19.4 Å². The molecule has 1 amide bonds. The summed E-state index contributed by atoms with van der Waals surface area (Å²) in [5.41, 5.74) is 0.582. The molecule has 0 bridgehead atoms. The number of rotatable bonds is 10. The second-order valence-electron chi connectivity index (χ2n) is 4.88. The summed E-state index contributed by atoms with van der Waals surface area (Å²) in [6.45, 7) is 3.50. The van der Waals surface area contributed by atoms with Gasteiger partial charge in [-0.1, -0.05) is 13.3 Å². The molecule has 1 rings (SSSR count). The Morgan fingerprint density at radius 1 is 1.33 bits per heavy atom. The number of carbonyl (C=O) groups excluding carboxylic acids is 1. The van der Waals surface area contributed by atoms with Gasteiger partial charge in [-0.3, -0.25) is 4.79 Å². The number of benzene rings is 1. The first-order chi connectivity index (χ1) is 10.2. The lowest BCUT2D eigenvalue weighted by molar-refractivity contribution is 0.0587. The van der Waals surface area contributed by atoms with Crippen LogP contribution in [0.15, 0.2) is 24.3 Å². The van der Waals surface area contributed by atoms with Gasteiger partial charge in [0.2, 0.25) is 0 Å². The van der Waals surface area contributed by atoms with Crippen LogP contribution in [0.3, 0.4) is 0 Å². The van der Waals surface area contributed by atoms with E-state index >= 15 is 0 Å². The third-order valence-electron chi connectivity index (χ3n) is 3.01. The Bertz CT molecular complexity index is 405. The van der Waals surface area contributed by atoms with Gasteiger partial charge >= 0.3 is 0 Å². The van der Waals surface area contributed by atoms with Crippen molar-refractivity contribution in [3.63, 3.8) is 0 Å². The maximum absolute atomic E-state index is 11.9. The SMILES string of the molecule is CCCCOc1ccc(C(=O)NCCC(O)COC)cc1. The molecular formula is C16H25NO4. The number of aliphatic hydroxyl groups excluding tert-OH is 1. The second kappa shape index (κ2) is 10.2. The lowest BCUT2D eigenvalue weighted by atomic mass is 10.2. The zero-order chi connectivity index (χ0) is 15.5. The number of hydrogen-bond donors (Lipinski definition) is 2. The van der Waals surface area contributed by atoms with Crippen LogP contribution < -0.4 is 10.1 Å². The fraction of sp³-hybridized carbons (Fsp3) is 0.562. The minimum Gasteiger partial charge on any atom is -0.494 e. The van der Waals surface area contributed by atoms with Crippen molar-refractivity contribution in [3.05, 3.63) is 29.8 Å². The molecule has 5 nitrogen and oxygen atoms in total. The minimum atomic E-state index is -0.551. The van der Waals surface area contributed by atoms with E-state index in [1.165, 1.54) is 7.11 Å². The van der Waals surface area contributed by atoms with Gasteiger partial charge in [0, 0.05) is 19.2 Å². The largest absolute Gasteiger partial charge is 0.494 e. The Morgan fingerprint density at radius 3 is 2.67 bits per heavy atom. The number of ether oxygens (including phenoxy) is 2. The summed E-state index contributed by atoms with van der Waals surface area (Å²) < 4.78 is 10.4. The normalized spacial score (nSPS) is 12.0. The van der Waals surface area contributed by atoms with E-state index in [0.29, 0.717) is 25.1 Å². The van der Waals surface area contributed by atoms with Crippen LogP contribution in [0.1, 0.15) is 36.5 Å². The first-order valence-corrected chi connectivity index (χ1v) is 7.35. The van der Waals surface area contributed by atoms with E-state index in [1.54, 1.807) is 24.3 Å². The molecule has 0 saturated carbocycles. The van der Waals surface area contributed by atoms with Gasteiger partial charge in [-0.05, 0) is 37.1 Å². The van der Waals surface area contributed by atoms with Crippen molar-refractivity contribution in [1.29, 1.82) is 0 Å². The van der Waals surface area contributed by atoms with Gasteiger partial charge in [0.15, 0.2) is 0 Å². The number of nitrogens with one attached hydrogen (secondary N) is 1. The second-order valence-corrected chi connectivity index (χ2v) is 4.88. The minimum absolute atomic E-state index is 0.153. The number of methoxy groups -OCH3 is 1. The van der Waals surface area contributed by atoms with Crippen LogP contribution in [0.5, 0.6) is 5.75 Å². The van der Waals surface area contributed by atoms with Crippen molar-refractivity contribution in [1.82, 2.24) is 5.32 Å². The van der Waals surface area contributed by atoms with Crippen LogP contribution in [-0.4, -0.2) is 44.0 Å². The van der Waals surface area contributed by atoms with Crippen LogP contribution in [0, 0.1) is 0 Å². The topological polar surface area (TPSA) is 67.8 Å². The zero-order valence-corrected chi connectivity index (χ0v) is 12.8. The molecule has 0 radical (unpaired) electrons. The summed E-state index contributed by atoms with van der Waals surface area (Å²) in [6.07, 6.45) is 2.03. The van der Waals surface area contributed by atoms with E-state index in [4.69, 9.17) is 9.47 Å². The molecule has 0 aliphatic heterocycles. The van der Waals surface area contributed by atoms with E-state index in [0.717, 1.165) is 18.6 Å². The maximum Gasteiger partial charge on any atom is 0.251 e. The summed E-state index contributed by atoms with van der Waals surface area (Å²) in [6, 6.07) is 7.07. The average Bonchev–Trinajstić information content (AvgIpc) is 2.48. The first-order valence-electron chi connectivity index (χ1n) is 7.35. The lowest BCUT2D eigenvalue weighted by Crippen LogP contribution is -2.28. The highest BCUT2D eigenvalue weighted by atomic mass is 16.5. The van der Waals surface area contributed by atoms with Crippen LogP contribution in [0.4, 0.5) is 0 Å². The number of aliphatic hydroxyl groups is 1. The third kappa shape index (κ3) is 7.11. The molecule has 0 aromatic heterocycles. The fourth-order valence-corrected chi connectivity index (χ4v) is 1.77. The molecule has 0 fully saturated rings. The van der Waals surface area contributed by atoms with Crippen molar-refractivity contribution in [3.8, 4) is 5.75 Å². The summed E-state index contributed by atoms with van der Waals surface area (Å²) in [4.78, 5) is 11.9. The molecule has 0 heterocycles. The van der Waals surface area contributed by atoms with Crippen molar-refractivity contribution in [2.75, 3.05) is 26.9 Å². The molecule has 118 valence electrons. The summed E-state index contributed by atoms with van der Waals surface area (Å²) in [7, 11) is 1.53. The predicted octanol–water partition coefficient (Wildman–Crippen LogP) is 1.99. The van der Waals surface area contributed by atoms with Gasteiger partial charge in [0.05, 0.1) is 19.3 Å². The lowest BCUT2D eigenvalue weighted by Gasteiger charge is -2.10. The smallest absolute Gasteiger partial charge is 0.251 e. The first kappa shape index (κ1) is 17.5. The average molecular weight is 295 g/mol. The molecule has 5 heteroatoms.